The highest BCUT2D eigenvalue weighted by molar-refractivity contribution is 14.1. The third-order valence-electron chi connectivity index (χ3n) is 1.88. The molecule has 0 atom stereocenters. The van der Waals surface area contributed by atoms with E-state index in [2.05, 4.69) is 15.9 Å². The Balaban J connectivity index is 2.97. The molecule has 0 aliphatic heterocycles. The SMILES string of the molecule is Fc1c(I)cc(Br)c2ccccc12. The first kappa shape index (κ1) is 9.40. The van der Waals surface area contributed by atoms with Crippen LogP contribution in [0.25, 0.3) is 10.8 Å². The van der Waals surface area contributed by atoms with Crippen molar-refractivity contribution in [1.29, 1.82) is 0 Å². The first-order valence-electron chi connectivity index (χ1n) is 3.72. The van der Waals surface area contributed by atoms with Gasteiger partial charge in [0.1, 0.15) is 5.82 Å². The topological polar surface area (TPSA) is 0 Å². The summed E-state index contributed by atoms with van der Waals surface area (Å²) in [6.45, 7) is 0. The number of halogens is 3. The van der Waals surface area contributed by atoms with E-state index >= 15 is 0 Å². The van der Waals surface area contributed by atoms with E-state index in [0.29, 0.717) is 8.96 Å². The summed E-state index contributed by atoms with van der Waals surface area (Å²) in [5, 5.41) is 1.58. The smallest absolute Gasteiger partial charge is 0.144 e. The molecule has 0 saturated carbocycles. The standard InChI is InChI=1S/C10H5BrFI/c11-8-5-9(13)10(12)7-4-2-1-3-6(7)8/h1-5H. The maximum Gasteiger partial charge on any atom is 0.144 e. The zero-order chi connectivity index (χ0) is 9.42. The Bertz CT molecular complexity index is 468. The fourth-order valence-corrected chi connectivity index (χ4v) is 2.87. The highest BCUT2D eigenvalue weighted by Gasteiger charge is 2.07. The first-order valence-corrected chi connectivity index (χ1v) is 5.59. The van der Waals surface area contributed by atoms with Crippen molar-refractivity contribution in [2.45, 2.75) is 0 Å². The van der Waals surface area contributed by atoms with Gasteiger partial charge < -0.3 is 0 Å². The van der Waals surface area contributed by atoms with Gasteiger partial charge >= 0.3 is 0 Å². The molecule has 0 nitrogen and oxygen atoms in total. The van der Waals surface area contributed by atoms with Gasteiger partial charge in [0.15, 0.2) is 0 Å². The molecule has 3 heteroatoms. The van der Waals surface area contributed by atoms with Crippen LogP contribution in [0.2, 0.25) is 0 Å². The summed E-state index contributed by atoms with van der Waals surface area (Å²) >= 11 is 5.40. The average Bonchev–Trinajstić information content (AvgIpc) is 2.15. The third kappa shape index (κ3) is 1.59. The summed E-state index contributed by atoms with van der Waals surface area (Å²) < 4.78 is 15.1. The Hall–Kier alpha value is -0.160. The predicted molar refractivity (Wildman–Crippen MR) is 64.3 cm³/mol. The van der Waals surface area contributed by atoms with Gasteiger partial charge in [-0.1, -0.05) is 40.2 Å². The van der Waals surface area contributed by atoms with E-state index in [1.165, 1.54) is 0 Å². The summed E-state index contributed by atoms with van der Waals surface area (Å²) in [7, 11) is 0. The molecule has 0 aliphatic rings. The van der Waals surface area contributed by atoms with E-state index in [1.54, 1.807) is 12.1 Å². The Kier molecular flexibility index (Phi) is 2.55. The van der Waals surface area contributed by atoms with E-state index in [-0.39, 0.29) is 5.82 Å². The second kappa shape index (κ2) is 3.53. The molecule has 0 radical (unpaired) electrons. The van der Waals surface area contributed by atoms with Crippen LogP contribution in [0.4, 0.5) is 4.39 Å². The Morgan fingerprint density at radius 1 is 1.15 bits per heavy atom. The van der Waals surface area contributed by atoms with E-state index in [9.17, 15) is 4.39 Å². The predicted octanol–water partition coefficient (Wildman–Crippen LogP) is 4.35. The van der Waals surface area contributed by atoms with E-state index in [0.717, 1.165) is 9.86 Å². The fraction of sp³-hybridized carbons (Fsp3) is 0. The number of benzene rings is 2. The average molecular weight is 351 g/mol. The Morgan fingerprint density at radius 2 is 1.77 bits per heavy atom. The summed E-state index contributed by atoms with van der Waals surface area (Å²) in [6.07, 6.45) is 0. The largest absolute Gasteiger partial charge is 0.205 e. The number of hydrogen-bond donors (Lipinski definition) is 0. The second-order valence-corrected chi connectivity index (χ2v) is 4.72. The van der Waals surface area contributed by atoms with Crippen molar-refractivity contribution in [3.63, 3.8) is 0 Å². The van der Waals surface area contributed by atoms with Gasteiger partial charge in [-0.3, -0.25) is 0 Å². The lowest BCUT2D eigenvalue weighted by Crippen LogP contribution is -1.85. The molecule has 0 unspecified atom stereocenters. The third-order valence-corrected chi connectivity index (χ3v) is 3.33. The highest BCUT2D eigenvalue weighted by Crippen LogP contribution is 2.29. The quantitative estimate of drug-likeness (QED) is 0.489. The van der Waals surface area contributed by atoms with Gasteiger partial charge in [-0.15, -0.1) is 0 Å². The summed E-state index contributed by atoms with van der Waals surface area (Å²) in [4.78, 5) is 0. The lowest BCUT2D eigenvalue weighted by Gasteiger charge is -2.03. The van der Waals surface area contributed by atoms with Gasteiger partial charge in [0.05, 0.1) is 3.57 Å². The zero-order valence-electron chi connectivity index (χ0n) is 6.52. The lowest BCUT2D eigenvalue weighted by atomic mass is 10.1. The maximum absolute atomic E-state index is 13.5. The molecule has 13 heavy (non-hydrogen) atoms. The molecular formula is C10H5BrFI. The normalized spacial score (nSPS) is 10.7. The van der Waals surface area contributed by atoms with Crippen molar-refractivity contribution in [1.82, 2.24) is 0 Å². The first-order chi connectivity index (χ1) is 6.20. The summed E-state index contributed by atoms with van der Waals surface area (Å²) in [5.74, 6) is -0.139. The van der Waals surface area contributed by atoms with Crippen LogP contribution in [0.5, 0.6) is 0 Å². The minimum absolute atomic E-state index is 0.139. The number of hydrogen-bond acceptors (Lipinski definition) is 0. The lowest BCUT2D eigenvalue weighted by molar-refractivity contribution is 0.632. The van der Waals surface area contributed by atoms with E-state index in [1.807, 2.05) is 40.8 Å². The fourth-order valence-electron chi connectivity index (χ4n) is 1.26. The molecule has 2 aromatic rings. The van der Waals surface area contributed by atoms with E-state index in [4.69, 9.17) is 0 Å². The molecule has 0 N–H and O–H groups in total. The van der Waals surface area contributed by atoms with Crippen LogP contribution >= 0.6 is 38.5 Å². The summed E-state index contributed by atoms with van der Waals surface area (Å²) in [5.41, 5.74) is 0. The van der Waals surface area contributed by atoms with Gasteiger partial charge in [0, 0.05) is 9.86 Å². The van der Waals surface area contributed by atoms with Crippen molar-refractivity contribution in [3.05, 3.63) is 44.2 Å². The molecule has 0 bridgehead atoms. The highest BCUT2D eigenvalue weighted by atomic mass is 127. The summed E-state index contributed by atoms with van der Waals surface area (Å²) in [6, 6.07) is 9.22. The van der Waals surface area contributed by atoms with Crippen molar-refractivity contribution >= 4 is 49.3 Å². The molecule has 0 spiro atoms. The van der Waals surface area contributed by atoms with Gasteiger partial charge in [-0.05, 0) is 34.0 Å². The number of rotatable bonds is 0. The maximum atomic E-state index is 13.5. The van der Waals surface area contributed by atoms with Crippen molar-refractivity contribution < 1.29 is 4.39 Å². The van der Waals surface area contributed by atoms with Crippen molar-refractivity contribution in [3.8, 4) is 0 Å². The molecular weight excluding hydrogens is 346 g/mol. The van der Waals surface area contributed by atoms with Gasteiger partial charge in [0.2, 0.25) is 0 Å². The minimum Gasteiger partial charge on any atom is -0.205 e. The molecule has 0 heterocycles. The van der Waals surface area contributed by atoms with Crippen molar-refractivity contribution in [2.24, 2.45) is 0 Å². The molecule has 66 valence electrons. The van der Waals surface area contributed by atoms with Crippen LogP contribution in [-0.4, -0.2) is 0 Å². The molecule has 0 aromatic heterocycles. The van der Waals surface area contributed by atoms with Gasteiger partial charge in [0.25, 0.3) is 0 Å². The van der Waals surface area contributed by atoms with Crippen molar-refractivity contribution in [2.75, 3.05) is 0 Å². The minimum atomic E-state index is -0.139. The molecule has 0 fully saturated rings. The molecule has 0 aliphatic carbocycles. The van der Waals surface area contributed by atoms with Gasteiger partial charge in [-0.25, -0.2) is 4.39 Å². The Labute approximate surface area is 97.4 Å². The van der Waals surface area contributed by atoms with Crippen LogP contribution in [0.1, 0.15) is 0 Å². The second-order valence-electron chi connectivity index (χ2n) is 2.70. The van der Waals surface area contributed by atoms with E-state index < -0.39 is 0 Å². The Morgan fingerprint density at radius 3 is 2.46 bits per heavy atom. The monoisotopic (exact) mass is 350 g/mol. The van der Waals surface area contributed by atoms with Gasteiger partial charge in [-0.2, -0.15) is 0 Å². The molecule has 2 aromatic carbocycles. The van der Waals surface area contributed by atoms with Crippen LogP contribution in [0.3, 0.4) is 0 Å². The molecule has 0 saturated heterocycles. The van der Waals surface area contributed by atoms with Crippen LogP contribution in [0, 0.1) is 9.39 Å². The molecule has 2 rings (SSSR count). The number of fused-ring (bicyclic) bond motifs is 1. The van der Waals surface area contributed by atoms with Crippen LogP contribution < -0.4 is 0 Å². The van der Waals surface area contributed by atoms with Crippen LogP contribution in [-0.2, 0) is 0 Å². The molecule has 0 amide bonds. The zero-order valence-corrected chi connectivity index (χ0v) is 10.3. The van der Waals surface area contributed by atoms with Crippen LogP contribution in [0.15, 0.2) is 34.8 Å².